The number of rotatable bonds is 5. The van der Waals surface area contributed by atoms with E-state index >= 15 is 0 Å². The fraction of sp³-hybridized carbons (Fsp3) is 0.818. The fourth-order valence-corrected chi connectivity index (χ4v) is 2.07. The highest BCUT2D eigenvalue weighted by atomic mass is 16.5. The Kier molecular flexibility index (Phi) is 3.83. The Morgan fingerprint density at radius 3 is 2.94 bits per heavy atom. The van der Waals surface area contributed by atoms with Crippen LogP contribution in [0.3, 0.4) is 0 Å². The van der Waals surface area contributed by atoms with Crippen LogP contribution in [-0.4, -0.2) is 55.7 Å². The lowest BCUT2D eigenvalue weighted by molar-refractivity contribution is -0.128. The number of nitrogens with zero attached hydrogens (tertiary/aromatic N) is 1. The molecule has 6 nitrogen and oxygen atoms in total. The van der Waals surface area contributed by atoms with E-state index in [1.807, 2.05) is 4.90 Å². The van der Waals surface area contributed by atoms with Crippen molar-refractivity contribution in [1.82, 2.24) is 15.5 Å². The minimum absolute atomic E-state index is 0.0503. The summed E-state index contributed by atoms with van der Waals surface area (Å²) in [6, 6.07) is 0.161. The van der Waals surface area contributed by atoms with Crippen LogP contribution >= 0.6 is 0 Å². The van der Waals surface area contributed by atoms with Gasteiger partial charge in [0.05, 0.1) is 12.6 Å². The molecule has 6 heteroatoms. The summed E-state index contributed by atoms with van der Waals surface area (Å²) in [7, 11) is 1.59. The molecule has 0 bridgehead atoms. The molecule has 17 heavy (non-hydrogen) atoms. The summed E-state index contributed by atoms with van der Waals surface area (Å²) in [6.07, 6.45) is 2.64. The van der Waals surface area contributed by atoms with Gasteiger partial charge in [-0.25, -0.2) is 4.79 Å². The van der Waals surface area contributed by atoms with Gasteiger partial charge in [0.25, 0.3) is 0 Å². The maximum absolute atomic E-state index is 11.6. The fourth-order valence-electron chi connectivity index (χ4n) is 2.07. The summed E-state index contributed by atoms with van der Waals surface area (Å²) in [6.45, 7) is 1.63. The Balaban J connectivity index is 1.69. The van der Waals surface area contributed by atoms with Gasteiger partial charge in [0.1, 0.15) is 0 Å². The molecule has 0 spiro atoms. The standard InChI is InChI=1S/C11H19N3O3/c1-17-5-4-12-11(16)13-8-6-10(15)14(7-8)9-2-3-9/h8-9H,2-7H2,1H3,(H2,12,13,16)/t8-/m1/s1. The molecular formula is C11H19N3O3. The first-order chi connectivity index (χ1) is 8.20. The normalized spacial score (nSPS) is 23.9. The van der Waals surface area contributed by atoms with Gasteiger partial charge in [-0.1, -0.05) is 0 Å². The van der Waals surface area contributed by atoms with E-state index < -0.39 is 0 Å². The Morgan fingerprint density at radius 2 is 2.29 bits per heavy atom. The summed E-state index contributed by atoms with van der Waals surface area (Å²) < 4.78 is 4.83. The lowest BCUT2D eigenvalue weighted by Crippen LogP contribution is -2.44. The lowest BCUT2D eigenvalue weighted by atomic mass is 10.3. The van der Waals surface area contributed by atoms with Crippen LogP contribution in [0.4, 0.5) is 4.79 Å². The van der Waals surface area contributed by atoms with Crippen molar-refractivity contribution in [3.05, 3.63) is 0 Å². The van der Waals surface area contributed by atoms with Crippen LogP contribution in [-0.2, 0) is 9.53 Å². The van der Waals surface area contributed by atoms with E-state index in [9.17, 15) is 9.59 Å². The Morgan fingerprint density at radius 1 is 1.53 bits per heavy atom. The molecule has 2 aliphatic rings. The predicted molar refractivity (Wildman–Crippen MR) is 61.6 cm³/mol. The third kappa shape index (κ3) is 3.33. The van der Waals surface area contributed by atoms with Crippen LogP contribution in [0.15, 0.2) is 0 Å². The van der Waals surface area contributed by atoms with Crippen LogP contribution in [0.25, 0.3) is 0 Å². The molecule has 2 rings (SSSR count). The second kappa shape index (κ2) is 5.35. The number of hydrogen-bond acceptors (Lipinski definition) is 3. The minimum Gasteiger partial charge on any atom is -0.383 e. The smallest absolute Gasteiger partial charge is 0.315 e. The molecule has 3 amide bonds. The van der Waals surface area contributed by atoms with Crippen molar-refractivity contribution in [1.29, 1.82) is 0 Å². The van der Waals surface area contributed by atoms with Gasteiger partial charge >= 0.3 is 6.03 Å². The number of nitrogens with one attached hydrogen (secondary N) is 2. The molecule has 0 radical (unpaired) electrons. The van der Waals surface area contributed by atoms with Crippen LogP contribution in [0.5, 0.6) is 0 Å². The van der Waals surface area contributed by atoms with Crippen LogP contribution < -0.4 is 10.6 Å². The summed E-state index contributed by atoms with van der Waals surface area (Å²) in [4.78, 5) is 25.0. The van der Waals surface area contributed by atoms with Gasteiger partial charge in [-0.15, -0.1) is 0 Å². The second-order valence-corrected chi connectivity index (χ2v) is 4.57. The summed E-state index contributed by atoms with van der Waals surface area (Å²) >= 11 is 0. The number of carbonyl (C=O) groups excluding carboxylic acids is 2. The number of carbonyl (C=O) groups is 2. The van der Waals surface area contributed by atoms with Crippen molar-refractivity contribution >= 4 is 11.9 Å². The Bertz CT molecular complexity index is 304. The molecule has 1 heterocycles. The number of ether oxygens (including phenoxy) is 1. The molecule has 96 valence electrons. The highest BCUT2D eigenvalue weighted by Crippen LogP contribution is 2.30. The molecule has 2 fully saturated rings. The summed E-state index contributed by atoms with van der Waals surface area (Å²) in [5.41, 5.74) is 0. The molecule has 0 aromatic rings. The second-order valence-electron chi connectivity index (χ2n) is 4.57. The first-order valence-electron chi connectivity index (χ1n) is 6.03. The molecule has 0 unspecified atom stereocenters. The molecule has 0 aromatic carbocycles. The number of urea groups is 1. The van der Waals surface area contributed by atoms with Gasteiger partial charge in [0.15, 0.2) is 0 Å². The van der Waals surface area contributed by atoms with E-state index in [0.717, 1.165) is 12.8 Å². The van der Waals surface area contributed by atoms with E-state index in [-0.39, 0.29) is 18.0 Å². The largest absolute Gasteiger partial charge is 0.383 e. The average molecular weight is 241 g/mol. The van der Waals surface area contributed by atoms with Crippen LogP contribution in [0.2, 0.25) is 0 Å². The molecule has 1 saturated carbocycles. The lowest BCUT2D eigenvalue weighted by Gasteiger charge is -2.16. The van der Waals surface area contributed by atoms with Gasteiger partial charge < -0.3 is 20.3 Å². The number of likely N-dealkylation sites (tertiary alicyclic amines) is 1. The van der Waals surface area contributed by atoms with E-state index in [1.54, 1.807) is 7.11 Å². The third-order valence-electron chi connectivity index (χ3n) is 3.07. The summed E-state index contributed by atoms with van der Waals surface area (Å²) in [5, 5.41) is 5.49. The van der Waals surface area contributed by atoms with Crippen molar-refractivity contribution < 1.29 is 14.3 Å². The zero-order valence-corrected chi connectivity index (χ0v) is 10.1. The molecule has 2 N–H and O–H groups in total. The zero-order valence-electron chi connectivity index (χ0n) is 10.1. The Hall–Kier alpha value is -1.30. The molecule has 0 aromatic heterocycles. The van der Waals surface area contributed by atoms with Crippen LogP contribution in [0, 0.1) is 0 Å². The SMILES string of the molecule is COCCNC(=O)N[C@@H]1CC(=O)N(C2CC2)C1. The topological polar surface area (TPSA) is 70.7 Å². The van der Waals surface area contributed by atoms with E-state index in [1.165, 1.54) is 0 Å². The molecular weight excluding hydrogens is 222 g/mol. The van der Waals surface area contributed by atoms with Crippen molar-refractivity contribution in [3.8, 4) is 0 Å². The minimum atomic E-state index is -0.225. The maximum Gasteiger partial charge on any atom is 0.315 e. The van der Waals surface area contributed by atoms with Crippen molar-refractivity contribution in [2.24, 2.45) is 0 Å². The molecule has 1 atom stereocenters. The highest BCUT2D eigenvalue weighted by Gasteiger charge is 2.39. The van der Waals surface area contributed by atoms with Crippen molar-refractivity contribution in [2.45, 2.75) is 31.3 Å². The number of hydrogen-bond donors (Lipinski definition) is 2. The van der Waals surface area contributed by atoms with Gasteiger partial charge in [-0.3, -0.25) is 4.79 Å². The highest BCUT2D eigenvalue weighted by molar-refractivity contribution is 5.82. The van der Waals surface area contributed by atoms with Gasteiger partial charge in [-0.2, -0.15) is 0 Å². The Labute approximate surface area is 101 Å². The molecule has 1 aliphatic heterocycles. The molecule has 1 saturated heterocycles. The quantitative estimate of drug-likeness (QED) is 0.649. The zero-order chi connectivity index (χ0) is 12.3. The van der Waals surface area contributed by atoms with E-state index in [4.69, 9.17) is 4.74 Å². The van der Waals surface area contributed by atoms with E-state index in [2.05, 4.69) is 10.6 Å². The summed E-state index contributed by atoms with van der Waals surface area (Å²) in [5.74, 6) is 0.162. The number of amides is 3. The van der Waals surface area contributed by atoms with Crippen molar-refractivity contribution in [3.63, 3.8) is 0 Å². The third-order valence-corrected chi connectivity index (χ3v) is 3.07. The van der Waals surface area contributed by atoms with Gasteiger partial charge in [0, 0.05) is 32.7 Å². The van der Waals surface area contributed by atoms with Crippen LogP contribution in [0.1, 0.15) is 19.3 Å². The number of methoxy groups -OCH3 is 1. The van der Waals surface area contributed by atoms with Gasteiger partial charge in [-0.05, 0) is 12.8 Å². The first kappa shape index (κ1) is 12.2. The van der Waals surface area contributed by atoms with Crippen molar-refractivity contribution in [2.75, 3.05) is 26.8 Å². The molecule has 1 aliphatic carbocycles. The average Bonchev–Trinajstić information content (AvgIpc) is 3.05. The maximum atomic E-state index is 11.6. The van der Waals surface area contributed by atoms with Gasteiger partial charge in [0.2, 0.25) is 5.91 Å². The monoisotopic (exact) mass is 241 g/mol. The predicted octanol–water partition coefficient (Wildman–Crippen LogP) is -0.305. The van der Waals surface area contributed by atoms with E-state index in [0.29, 0.717) is 32.2 Å². The first-order valence-corrected chi connectivity index (χ1v) is 6.03.